The summed E-state index contributed by atoms with van der Waals surface area (Å²) in [7, 11) is 1.51. The lowest BCUT2D eigenvalue weighted by Gasteiger charge is -2.19. The second-order valence-electron chi connectivity index (χ2n) is 2.95. The van der Waals surface area contributed by atoms with Crippen LogP contribution in [-0.4, -0.2) is 48.7 Å². The summed E-state index contributed by atoms with van der Waals surface area (Å²) in [6.07, 6.45) is 0.996. The van der Waals surface area contributed by atoms with Gasteiger partial charge in [0.05, 0.1) is 13.0 Å². The Kier molecular flexibility index (Phi) is 6.74. The normalized spacial score (nSPS) is 9.86. The van der Waals surface area contributed by atoms with Crippen LogP contribution in [-0.2, 0) is 14.3 Å². The molecule has 0 bridgehead atoms. The Balaban J connectivity index is 4.03. The van der Waals surface area contributed by atoms with Crippen LogP contribution in [0.5, 0.6) is 0 Å². The first-order valence-electron chi connectivity index (χ1n) is 4.60. The van der Waals surface area contributed by atoms with Crippen molar-refractivity contribution in [2.75, 3.05) is 26.8 Å². The Bertz CT molecular complexity index is 193. The maximum absolute atomic E-state index is 11.4. The molecule has 0 fully saturated rings. The average Bonchev–Trinajstić information content (AvgIpc) is 2.13. The molecule has 0 aliphatic carbocycles. The highest BCUT2D eigenvalue weighted by molar-refractivity contribution is 5.81. The highest BCUT2D eigenvalue weighted by atomic mass is 16.5. The van der Waals surface area contributed by atoms with Gasteiger partial charge in [-0.2, -0.15) is 0 Å². The summed E-state index contributed by atoms with van der Waals surface area (Å²) >= 11 is 0. The van der Waals surface area contributed by atoms with Crippen LogP contribution in [0.25, 0.3) is 0 Å². The van der Waals surface area contributed by atoms with Crippen LogP contribution >= 0.6 is 0 Å². The van der Waals surface area contributed by atoms with Crippen LogP contribution in [0, 0.1) is 0 Å². The van der Waals surface area contributed by atoms with E-state index in [1.807, 2.05) is 6.92 Å². The van der Waals surface area contributed by atoms with Crippen LogP contribution in [0.3, 0.4) is 0 Å². The van der Waals surface area contributed by atoms with Gasteiger partial charge in [0.25, 0.3) is 0 Å². The van der Waals surface area contributed by atoms with E-state index >= 15 is 0 Å². The Morgan fingerprint density at radius 3 is 2.50 bits per heavy atom. The van der Waals surface area contributed by atoms with Gasteiger partial charge in [-0.15, -0.1) is 0 Å². The van der Waals surface area contributed by atoms with Gasteiger partial charge in [-0.25, -0.2) is 0 Å². The summed E-state index contributed by atoms with van der Waals surface area (Å²) in [5.41, 5.74) is 0. The maximum atomic E-state index is 11.4. The molecular formula is C9H17NO4. The van der Waals surface area contributed by atoms with Crippen molar-refractivity contribution in [3.8, 4) is 0 Å². The Morgan fingerprint density at radius 1 is 1.43 bits per heavy atom. The number of aliphatic carboxylic acids is 1. The molecule has 1 N–H and O–H groups in total. The highest BCUT2D eigenvalue weighted by Gasteiger charge is 2.14. The number of methoxy groups -OCH3 is 1. The van der Waals surface area contributed by atoms with Crippen molar-refractivity contribution in [3.05, 3.63) is 0 Å². The Hall–Kier alpha value is -1.10. The zero-order valence-corrected chi connectivity index (χ0v) is 8.65. The molecule has 0 heterocycles. The number of hydrogen-bond donors (Lipinski definition) is 1. The van der Waals surface area contributed by atoms with Crippen molar-refractivity contribution in [2.45, 2.75) is 19.8 Å². The van der Waals surface area contributed by atoms with E-state index in [0.29, 0.717) is 13.2 Å². The zero-order chi connectivity index (χ0) is 11.0. The molecular weight excluding hydrogens is 186 g/mol. The summed E-state index contributed by atoms with van der Waals surface area (Å²) < 4.78 is 4.75. The van der Waals surface area contributed by atoms with E-state index in [1.54, 1.807) is 0 Å². The summed E-state index contributed by atoms with van der Waals surface area (Å²) in [5.74, 6) is -1.15. The number of ether oxygens (including phenoxy) is 1. The third kappa shape index (κ3) is 5.53. The molecule has 0 aromatic rings. The van der Waals surface area contributed by atoms with Crippen molar-refractivity contribution >= 4 is 11.9 Å². The summed E-state index contributed by atoms with van der Waals surface area (Å²) in [6.45, 7) is 2.49. The topological polar surface area (TPSA) is 66.8 Å². The lowest BCUT2D eigenvalue weighted by atomic mass is 10.3. The number of carboxylic acid groups (broad SMARTS) is 1. The van der Waals surface area contributed by atoms with Crippen molar-refractivity contribution in [2.24, 2.45) is 0 Å². The number of hydrogen-bond acceptors (Lipinski definition) is 3. The van der Waals surface area contributed by atoms with Gasteiger partial charge in [-0.1, -0.05) is 6.92 Å². The quantitative estimate of drug-likeness (QED) is 0.648. The van der Waals surface area contributed by atoms with E-state index < -0.39 is 5.97 Å². The average molecular weight is 203 g/mol. The molecule has 0 atom stereocenters. The van der Waals surface area contributed by atoms with Crippen LogP contribution < -0.4 is 0 Å². The number of nitrogens with zero attached hydrogens (tertiary/aromatic N) is 1. The Morgan fingerprint density at radius 2 is 2.07 bits per heavy atom. The van der Waals surface area contributed by atoms with E-state index in [-0.39, 0.29) is 18.9 Å². The fourth-order valence-corrected chi connectivity index (χ4v) is 1.07. The SMILES string of the molecule is CCCN(CC(=O)O)C(=O)CCOC. The first-order chi connectivity index (χ1) is 6.61. The first-order valence-corrected chi connectivity index (χ1v) is 4.60. The summed E-state index contributed by atoms with van der Waals surface area (Å²) in [4.78, 5) is 23.2. The molecule has 0 aliphatic rings. The van der Waals surface area contributed by atoms with E-state index in [9.17, 15) is 9.59 Å². The largest absolute Gasteiger partial charge is 0.480 e. The molecule has 0 saturated carbocycles. The van der Waals surface area contributed by atoms with E-state index in [4.69, 9.17) is 9.84 Å². The number of amides is 1. The molecule has 0 spiro atoms. The van der Waals surface area contributed by atoms with E-state index in [2.05, 4.69) is 0 Å². The van der Waals surface area contributed by atoms with Gasteiger partial charge in [0.1, 0.15) is 6.54 Å². The second kappa shape index (κ2) is 7.32. The number of rotatable bonds is 7. The summed E-state index contributed by atoms with van der Waals surface area (Å²) in [6, 6.07) is 0. The predicted octanol–water partition coefficient (Wildman–Crippen LogP) is 0.346. The molecule has 0 aromatic heterocycles. The van der Waals surface area contributed by atoms with E-state index in [1.165, 1.54) is 12.0 Å². The minimum absolute atomic E-state index is 0.170. The fourth-order valence-electron chi connectivity index (χ4n) is 1.07. The van der Waals surface area contributed by atoms with Gasteiger partial charge in [-0.3, -0.25) is 9.59 Å². The molecule has 0 unspecified atom stereocenters. The third-order valence-corrected chi connectivity index (χ3v) is 1.69. The molecule has 0 aromatic carbocycles. The third-order valence-electron chi connectivity index (χ3n) is 1.69. The number of carboxylic acids is 1. The van der Waals surface area contributed by atoms with Crippen molar-refractivity contribution < 1.29 is 19.4 Å². The number of carbonyl (C=O) groups excluding carboxylic acids is 1. The van der Waals surface area contributed by atoms with Gasteiger partial charge in [0.15, 0.2) is 0 Å². The monoisotopic (exact) mass is 203 g/mol. The minimum atomic E-state index is -0.982. The zero-order valence-electron chi connectivity index (χ0n) is 8.65. The van der Waals surface area contributed by atoms with Gasteiger partial charge >= 0.3 is 5.97 Å². The lowest BCUT2D eigenvalue weighted by Crippen LogP contribution is -2.36. The molecule has 0 rings (SSSR count). The van der Waals surface area contributed by atoms with Gasteiger partial charge in [-0.05, 0) is 6.42 Å². The van der Waals surface area contributed by atoms with Gasteiger partial charge in [0.2, 0.25) is 5.91 Å². The molecule has 0 radical (unpaired) electrons. The molecule has 5 nitrogen and oxygen atoms in total. The van der Waals surface area contributed by atoms with Crippen LogP contribution in [0.1, 0.15) is 19.8 Å². The Labute approximate surface area is 83.6 Å². The predicted molar refractivity (Wildman–Crippen MR) is 51.0 cm³/mol. The van der Waals surface area contributed by atoms with Crippen LogP contribution in [0.4, 0.5) is 0 Å². The molecule has 0 aliphatic heterocycles. The van der Waals surface area contributed by atoms with Crippen molar-refractivity contribution in [1.82, 2.24) is 4.90 Å². The first kappa shape index (κ1) is 12.9. The van der Waals surface area contributed by atoms with Crippen LogP contribution in [0.15, 0.2) is 0 Å². The second-order valence-corrected chi connectivity index (χ2v) is 2.95. The number of carbonyl (C=O) groups is 2. The standard InChI is InChI=1S/C9H17NO4/c1-3-5-10(7-9(12)13)8(11)4-6-14-2/h3-7H2,1-2H3,(H,12,13). The molecule has 0 saturated heterocycles. The van der Waals surface area contributed by atoms with Crippen LogP contribution in [0.2, 0.25) is 0 Å². The molecule has 1 amide bonds. The van der Waals surface area contributed by atoms with Crippen molar-refractivity contribution in [1.29, 1.82) is 0 Å². The van der Waals surface area contributed by atoms with Crippen molar-refractivity contribution in [3.63, 3.8) is 0 Å². The fraction of sp³-hybridized carbons (Fsp3) is 0.778. The minimum Gasteiger partial charge on any atom is -0.480 e. The highest BCUT2D eigenvalue weighted by Crippen LogP contribution is 1.96. The summed E-state index contributed by atoms with van der Waals surface area (Å²) in [5, 5.41) is 8.56. The maximum Gasteiger partial charge on any atom is 0.323 e. The van der Waals surface area contributed by atoms with E-state index in [0.717, 1.165) is 6.42 Å². The molecule has 5 heteroatoms. The smallest absolute Gasteiger partial charge is 0.323 e. The van der Waals surface area contributed by atoms with Gasteiger partial charge < -0.3 is 14.7 Å². The molecule has 14 heavy (non-hydrogen) atoms. The van der Waals surface area contributed by atoms with Gasteiger partial charge in [0, 0.05) is 13.7 Å². The lowest BCUT2D eigenvalue weighted by molar-refractivity contribution is -0.144. The molecule has 82 valence electrons.